The van der Waals surface area contributed by atoms with E-state index < -0.39 is 0 Å². The van der Waals surface area contributed by atoms with Gasteiger partial charge in [0.15, 0.2) is 0 Å². The number of aromatic nitrogens is 2. The molecule has 0 amide bonds. The number of fused-ring (bicyclic) bond motifs is 1. The van der Waals surface area contributed by atoms with Gasteiger partial charge in [0.05, 0.1) is 5.52 Å². The molecule has 0 atom stereocenters. The molecule has 0 aliphatic rings. The summed E-state index contributed by atoms with van der Waals surface area (Å²) in [6, 6.07) is 15.8. The highest BCUT2D eigenvalue weighted by Gasteiger charge is 2.07. The molecule has 1 aromatic heterocycles. The number of halogens is 1. The predicted octanol–water partition coefficient (Wildman–Crippen LogP) is 6.02. The molecule has 118 valence electrons. The summed E-state index contributed by atoms with van der Waals surface area (Å²) in [5.41, 5.74) is 1.08. The third-order valence-corrected chi connectivity index (χ3v) is 3.55. The summed E-state index contributed by atoms with van der Waals surface area (Å²) in [7, 11) is 1.94. The fourth-order valence-electron chi connectivity index (χ4n) is 1.88. The van der Waals surface area contributed by atoms with Gasteiger partial charge in [0.2, 0.25) is 0 Å². The Kier molecular flexibility index (Phi) is 7.95. The lowest BCUT2D eigenvalue weighted by atomic mass is 10.2. The highest BCUT2D eigenvalue weighted by molar-refractivity contribution is 14.1. The van der Waals surface area contributed by atoms with Crippen molar-refractivity contribution in [1.82, 2.24) is 9.78 Å². The molecule has 0 aliphatic carbocycles. The Morgan fingerprint density at radius 3 is 2.18 bits per heavy atom. The van der Waals surface area contributed by atoms with Crippen LogP contribution in [-0.2, 0) is 7.05 Å². The van der Waals surface area contributed by atoms with E-state index in [9.17, 15) is 0 Å². The molecule has 0 N–H and O–H groups in total. The van der Waals surface area contributed by atoms with Crippen molar-refractivity contribution in [1.29, 1.82) is 0 Å². The quantitative estimate of drug-likeness (QED) is 0.483. The van der Waals surface area contributed by atoms with Gasteiger partial charge in [0.25, 0.3) is 0 Å². The fraction of sp³-hybridized carbons (Fsp3) is 0.278. The fourth-order valence-corrected chi connectivity index (χ4v) is 2.66. The van der Waals surface area contributed by atoms with Crippen molar-refractivity contribution in [2.75, 3.05) is 0 Å². The van der Waals surface area contributed by atoms with Gasteiger partial charge in [-0.3, -0.25) is 4.68 Å². The predicted molar refractivity (Wildman–Crippen MR) is 103 cm³/mol. The summed E-state index contributed by atoms with van der Waals surface area (Å²) in [4.78, 5) is 0. The van der Waals surface area contributed by atoms with E-state index in [2.05, 4.69) is 27.7 Å². The van der Waals surface area contributed by atoms with Gasteiger partial charge in [-0.25, -0.2) is 0 Å². The molecule has 2 aromatic carbocycles. The lowest BCUT2D eigenvalue weighted by Gasteiger charge is -2.05. The van der Waals surface area contributed by atoms with E-state index in [-0.39, 0.29) is 0 Å². The number of benzene rings is 2. The molecule has 0 aliphatic heterocycles. The molecule has 3 nitrogen and oxygen atoms in total. The van der Waals surface area contributed by atoms with Gasteiger partial charge in [0.1, 0.15) is 15.2 Å². The monoisotopic (exact) mass is 410 g/mol. The first-order valence-corrected chi connectivity index (χ1v) is 8.67. The number of para-hydroxylation sites is 1. The molecule has 0 spiro atoms. The van der Waals surface area contributed by atoms with E-state index in [4.69, 9.17) is 4.74 Å². The van der Waals surface area contributed by atoms with Crippen LogP contribution in [0.25, 0.3) is 10.9 Å². The zero-order valence-corrected chi connectivity index (χ0v) is 16.0. The molecule has 3 rings (SSSR count). The summed E-state index contributed by atoms with van der Waals surface area (Å²) in [6.45, 7) is 8.00. The molecule has 0 radical (unpaired) electrons. The summed E-state index contributed by atoms with van der Waals surface area (Å²) in [6.07, 6.45) is 0. The van der Waals surface area contributed by atoms with E-state index in [0.29, 0.717) is 0 Å². The molecule has 3 aromatic rings. The van der Waals surface area contributed by atoms with Crippen LogP contribution in [0, 0.1) is 3.70 Å². The number of hydrogen-bond donors (Lipinski definition) is 0. The second-order valence-electron chi connectivity index (χ2n) is 4.01. The van der Waals surface area contributed by atoms with E-state index >= 15 is 0 Å². The number of nitrogens with zero attached hydrogens (tertiary/aromatic N) is 2. The van der Waals surface area contributed by atoms with Crippen LogP contribution in [0.15, 0.2) is 48.5 Å². The Balaban J connectivity index is 0.000000561. The van der Waals surface area contributed by atoms with Crippen LogP contribution in [0.1, 0.15) is 27.7 Å². The van der Waals surface area contributed by atoms with Gasteiger partial charge >= 0.3 is 0 Å². The number of rotatable bonds is 2. The lowest BCUT2D eigenvalue weighted by molar-refractivity contribution is 0.483. The van der Waals surface area contributed by atoms with Crippen molar-refractivity contribution in [2.24, 2.45) is 7.05 Å². The smallest absolute Gasteiger partial charge is 0.131 e. The third kappa shape index (κ3) is 4.47. The minimum atomic E-state index is 0.827. The SMILES string of the molecule is CC.CC.Cn1nc(I)c2ccc(Oc3ccccc3)cc21. The first-order chi connectivity index (χ1) is 10.7. The van der Waals surface area contributed by atoms with Crippen LogP contribution in [0.5, 0.6) is 11.5 Å². The number of ether oxygens (including phenoxy) is 1. The Bertz CT molecular complexity index is 693. The number of aryl methyl sites for hydroxylation is 1. The second kappa shape index (κ2) is 9.46. The van der Waals surface area contributed by atoms with E-state index in [1.807, 2.05) is 88.0 Å². The normalized spacial score (nSPS) is 9.36. The first kappa shape index (κ1) is 18.5. The van der Waals surface area contributed by atoms with Crippen molar-refractivity contribution >= 4 is 33.5 Å². The molecule has 0 unspecified atom stereocenters. The summed E-state index contributed by atoms with van der Waals surface area (Å²) in [5, 5.41) is 5.54. The van der Waals surface area contributed by atoms with Gasteiger partial charge < -0.3 is 4.74 Å². The Labute approximate surface area is 146 Å². The molecule has 0 saturated carbocycles. The van der Waals surface area contributed by atoms with Crippen molar-refractivity contribution in [3.63, 3.8) is 0 Å². The maximum absolute atomic E-state index is 5.81. The maximum Gasteiger partial charge on any atom is 0.131 e. The van der Waals surface area contributed by atoms with Crippen molar-refractivity contribution in [3.05, 3.63) is 52.2 Å². The number of hydrogen-bond acceptors (Lipinski definition) is 2. The zero-order chi connectivity index (χ0) is 16.5. The summed E-state index contributed by atoms with van der Waals surface area (Å²) in [5.74, 6) is 1.67. The van der Waals surface area contributed by atoms with Crippen LogP contribution < -0.4 is 4.74 Å². The molecular formula is C18H23IN2O. The minimum absolute atomic E-state index is 0.827. The van der Waals surface area contributed by atoms with Gasteiger partial charge in [-0.05, 0) is 46.9 Å². The molecular weight excluding hydrogens is 387 g/mol. The molecule has 22 heavy (non-hydrogen) atoms. The zero-order valence-electron chi connectivity index (χ0n) is 13.8. The standard InChI is InChI=1S/C14H11IN2O.2C2H6/c1-17-13-9-11(7-8-12(13)14(15)16-17)18-10-5-3-2-4-6-10;2*1-2/h2-9H,1H3;2*1-2H3. The maximum atomic E-state index is 5.81. The molecule has 4 heteroatoms. The third-order valence-electron chi connectivity index (χ3n) is 2.76. The molecule has 0 saturated heterocycles. The largest absolute Gasteiger partial charge is 0.457 e. The van der Waals surface area contributed by atoms with Crippen molar-refractivity contribution in [2.45, 2.75) is 27.7 Å². The molecule has 0 bridgehead atoms. The van der Waals surface area contributed by atoms with Gasteiger partial charge in [-0.2, -0.15) is 5.10 Å². The van der Waals surface area contributed by atoms with Crippen molar-refractivity contribution in [3.8, 4) is 11.5 Å². The topological polar surface area (TPSA) is 27.1 Å². The first-order valence-electron chi connectivity index (χ1n) is 7.59. The lowest BCUT2D eigenvalue weighted by Crippen LogP contribution is -1.90. The minimum Gasteiger partial charge on any atom is -0.457 e. The highest BCUT2D eigenvalue weighted by Crippen LogP contribution is 2.27. The highest BCUT2D eigenvalue weighted by atomic mass is 127. The second-order valence-corrected chi connectivity index (χ2v) is 5.03. The summed E-state index contributed by atoms with van der Waals surface area (Å²) >= 11 is 2.24. The van der Waals surface area contributed by atoms with E-state index in [1.165, 1.54) is 0 Å². The Morgan fingerprint density at radius 2 is 1.55 bits per heavy atom. The van der Waals surface area contributed by atoms with Crippen LogP contribution in [-0.4, -0.2) is 9.78 Å². The van der Waals surface area contributed by atoms with Gasteiger partial charge in [-0.1, -0.05) is 45.9 Å². The van der Waals surface area contributed by atoms with Crippen LogP contribution in [0.2, 0.25) is 0 Å². The van der Waals surface area contributed by atoms with Gasteiger partial charge in [0, 0.05) is 18.5 Å². The van der Waals surface area contributed by atoms with Crippen LogP contribution >= 0.6 is 22.6 Å². The molecule has 1 heterocycles. The Morgan fingerprint density at radius 1 is 0.909 bits per heavy atom. The van der Waals surface area contributed by atoms with Crippen LogP contribution in [0.4, 0.5) is 0 Å². The van der Waals surface area contributed by atoms with Crippen LogP contribution in [0.3, 0.4) is 0 Å². The average Bonchev–Trinajstić information content (AvgIpc) is 2.86. The van der Waals surface area contributed by atoms with Crippen molar-refractivity contribution < 1.29 is 4.74 Å². The Hall–Kier alpha value is -1.56. The average molecular weight is 410 g/mol. The van der Waals surface area contributed by atoms with E-state index in [1.54, 1.807) is 0 Å². The van der Waals surface area contributed by atoms with Gasteiger partial charge in [-0.15, -0.1) is 0 Å². The summed E-state index contributed by atoms with van der Waals surface area (Å²) < 4.78 is 8.69. The van der Waals surface area contributed by atoms with E-state index in [0.717, 1.165) is 26.1 Å². The molecule has 0 fully saturated rings.